The number of hydrogen-bond acceptors (Lipinski definition) is 3. The van der Waals surface area contributed by atoms with Gasteiger partial charge in [-0.1, -0.05) is 33.6 Å². The molecule has 0 amide bonds. The van der Waals surface area contributed by atoms with Crippen LogP contribution in [-0.4, -0.2) is 48.1 Å². The van der Waals surface area contributed by atoms with Gasteiger partial charge in [-0.3, -0.25) is 4.90 Å². The van der Waals surface area contributed by atoms with Crippen molar-refractivity contribution in [3.63, 3.8) is 0 Å². The second-order valence-corrected chi connectivity index (χ2v) is 8.08. The molecule has 0 radical (unpaired) electrons. The van der Waals surface area contributed by atoms with Crippen molar-refractivity contribution in [1.82, 2.24) is 10.2 Å². The minimum atomic E-state index is 0.463. The van der Waals surface area contributed by atoms with Crippen LogP contribution in [0.1, 0.15) is 46.5 Å². The third-order valence-electron chi connectivity index (χ3n) is 4.99. The number of nitrogens with zero attached hydrogens (tertiary/aromatic N) is 1. The highest BCUT2D eigenvalue weighted by molar-refractivity contribution is 7.98. The normalized spacial score (nSPS) is 29.2. The Kier molecular flexibility index (Phi) is 5.62. The van der Waals surface area contributed by atoms with Gasteiger partial charge >= 0.3 is 0 Å². The van der Waals surface area contributed by atoms with Crippen LogP contribution in [0.25, 0.3) is 0 Å². The van der Waals surface area contributed by atoms with E-state index >= 15 is 0 Å². The van der Waals surface area contributed by atoms with Gasteiger partial charge in [0, 0.05) is 31.2 Å². The van der Waals surface area contributed by atoms with Gasteiger partial charge in [-0.2, -0.15) is 11.8 Å². The highest BCUT2D eigenvalue weighted by Gasteiger charge is 2.41. The molecule has 3 heteroatoms. The summed E-state index contributed by atoms with van der Waals surface area (Å²) in [6.07, 6.45) is 7.87. The maximum Gasteiger partial charge on any atom is 0.0309 e. The molecule has 112 valence electrons. The first kappa shape index (κ1) is 15.7. The van der Waals surface area contributed by atoms with Crippen molar-refractivity contribution >= 4 is 11.8 Å². The Balaban J connectivity index is 2.00. The zero-order valence-electron chi connectivity index (χ0n) is 13.2. The van der Waals surface area contributed by atoms with Gasteiger partial charge in [0.2, 0.25) is 0 Å². The lowest BCUT2D eigenvalue weighted by Crippen LogP contribution is -2.64. The summed E-state index contributed by atoms with van der Waals surface area (Å²) in [5, 5.41) is 3.91. The summed E-state index contributed by atoms with van der Waals surface area (Å²) in [4.78, 5) is 2.81. The molecule has 2 aliphatic rings. The molecule has 0 aromatic heterocycles. The molecule has 1 aliphatic carbocycles. The van der Waals surface area contributed by atoms with E-state index < -0.39 is 0 Å². The molecule has 1 heterocycles. The SMILES string of the molecule is CSCC(C)CN1CC2(CCCC2)NCC1C(C)C. The summed E-state index contributed by atoms with van der Waals surface area (Å²) in [7, 11) is 0. The highest BCUT2D eigenvalue weighted by Crippen LogP contribution is 2.34. The lowest BCUT2D eigenvalue weighted by atomic mass is 9.88. The fraction of sp³-hybridized carbons (Fsp3) is 1.00. The van der Waals surface area contributed by atoms with Gasteiger partial charge < -0.3 is 5.32 Å². The standard InChI is InChI=1S/C16H32N2S/c1-13(2)15-9-17-16(7-5-6-8-16)12-18(15)10-14(3)11-19-4/h13-15,17H,5-12H2,1-4H3. The zero-order valence-corrected chi connectivity index (χ0v) is 14.1. The van der Waals surface area contributed by atoms with Crippen LogP contribution in [0.5, 0.6) is 0 Å². The van der Waals surface area contributed by atoms with Gasteiger partial charge in [0.05, 0.1) is 0 Å². The van der Waals surface area contributed by atoms with Crippen LogP contribution in [-0.2, 0) is 0 Å². The van der Waals surface area contributed by atoms with Crippen LogP contribution < -0.4 is 5.32 Å². The first-order valence-electron chi connectivity index (χ1n) is 8.04. The lowest BCUT2D eigenvalue weighted by Gasteiger charge is -2.48. The largest absolute Gasteiger partial charge is 0.308 e. The van der Waals surface area contributed by atoms with E-state index in [1.165, 1.54) is 51.1 Å². The molecule has 1 saturated carbocycles. The van der Waals surface area contributed by atoms with Crippen molar-refractivity contribution in [1.29, 1.82) is 0 Å². The average Bonchev–Trinajstić information content (AvgIpc) is 2.77. The third kappa shape index (κ3) is 3.89. The molecule has 1 N–H and O–H groups in total. The van der Waals surface area contributed by atoms with Crippen molar-refractivity contribution in [3.05, 3.63) is 0 Å². The molecule has 0 aromatic carbocycles. The topological polar surface area (TPSA) is 15.3 Å². The predicted octanol–water partition coefficient (Wildman–Crippen LogP) is 3.23. The van der Waals surface area contributed by atoms with E-state index in [1.54, 1.807) is 0 Å². The van der Waals surface area contributed by atoms with Crippen LogP contribution in [0.3, 0.4) is 0 Å². The molecule has 2 rings (SSSR count). The Labute approximate surface area is 124 Å². The second kappa shape index (κ2) is 6.82. The van der Waals surface area contributed by atoms with Gasteiger partial charge in [-0.05, 0) is 36.7 Å². The first-order chi connectivity index (χ1) is 9.06. The van der Waals surface area contributed by atoms with Crippen molar-refractivity contribution in [2.24, 2.45) is 11.8 Å². The molecular weight excluding hydrogens is 252 g/mol. The maximum absolute atomic E-state index is 3.91. The molecule has 2 unspecified atom stereocenters. The van der Waals surface area contributed by atoms with Crippen molar-refractivity contribution < 1.29 is 0 Å². The first-order valence-corrected chi connectivity index (χ1v) is 9.44. The summed E-state index contributed by atoms with van der Waals surface area (Å²) >= 11 is 1.99. The van der Waals surface area contributed by atoms with Crippen LogP contribution >= 0.6 is 11.8 Å². The fourth-order valence-corrected chi connectivity index (χ4v) is 4.67. The summed E-state index contributed by atoms with van der Waals surface area (Å²) in [6.45, 7) is 10.9. The molecular formula is C16H32N2S. The number of piperazine rings is 1. The Morgan fingerprint density at radius 3 is 2.53 bits per heavy atom. The Morgan fingerprint density at radius 1 is 1.26 bits per heavy atom. The van der Waals surface area contributed by atoms with Crippen molar-refractivity contribution in [3.8, 4) is 0 Å². The van der Waals surface area contributed by atoms with Gasteiger partial charge in [0.25, 0.3) is 0 Å². The number of nitrogens with one attached hydrogen (secondary N) is 1. The molecule has 1 spiro atoms. The molecule has 2 atom stereocenters. The minimum Gasteiger partial charge on any atom is -0.308 e. The Bertz CT molecular complexity index is 274. The van der Waals surface area contributed by atoms with E-state index in [2.05, 4.69) is 37.2 Å². The third-order valence-corrected chi connectivity index (χ3v) is 5.89. The van der Waals surface area contributed by atoms with E-state index in [4.69, 9.17) is 0 Å². The quantitative estimate of drug-likeness (QED) is 0.834. The monoisotopic (exact) mass is 284 g/mol. The van der Waals surface area contributed by atoms with E-state index in [-0.39, 0.29) is 0 Å². The van der Waals surface area contributed by atoms with Crippen LogP contribution in [0.2, 0.25) is 0 Å². The molecule has 0 aromatic rings. The lowest BCUT2D eigenvalue weighted by molar-refractivity contribution is 0.0485. The minimum absolute atomic E-state index is 0.463. The van der Waals surface area contributed by atoms with Crippen molar-refractivity contribution in [2.75, 3.05) is 31.6 Å². The van der Waals surface area contributed by atoms with Gasteiger partial charge in [0.15, 0.2) is 0 Å². The second-order valence-electron chi connectivity index (χ2n) is 7.17. The Hall–Kier alpha value is 0.270. The Morgan fingerprint density at radius 2 is 1.95 bits per heavy atom. The summed E-state index contributed by atoms with van der Waals surface area (Å²) < 4.78 is 0. The van der Waals surface area contributed by atoms with E-state index in [9.17, 15) is 0 Å². The number of thioether (sulfide) groups is 1. The number of rotatable bonds is 5. The molecule has 19 heavy (non-hydrogen) atoms. The molecule has 1 saturated heterocycles. The average molecular weight is 285 g/mol. The van der Waals surface area contributed by atoms with E-state index in [0.717, 1.165) is 17.9 Å². The fourth-order valence-electron chi connectivity index (χ4n) is 3.99. The predicted molar refractivity (Wildman–Crippen MR) is 86.9 cm³/mol. The van der Waals surface area contributed by atoms with Crippen LogP contribution in [0, 0.1) is 11.8 Å². The number of hydrogen-bond donors (Lipinski definition) is 1. The van der Waals surface area contributed by atoms with Gasteiger partial charge in [-0.25, -0.2) is 0 Å². The summed E-state index contributed by atoms with van der Waals surface area (Å²) in [5.74, 6) is 2.86. The van der Waals surface area contributed by atoms with E-state index in [0.29, 0.717) is 5.54 Å². The van der Waals surface area contributed by atoms with Gasteiger partial charge in [-0.15, -0.1) is 0 Å². The van der Waals surface area contributed by atoms with Crippen LogP contribution in [0.15, 0.2) is 0 Å². The van der Waals surface area contributed by atoms with Crippen LogP contribution in [0.4, 0.5) is 0 Å². The molecule has 1 aliphatic heterocycles. The highest BCUT2D eigenvalue weighted by atomic mass is 32.2. The smallest absolute Gasteiger partial charge is 0.0309 e. The molecule has 0 bridgehead atoms. The molecule has 2 fully saturated rings. The maximum atomic E-state index is 3.91. The van der Waals surface area contributed by atoms with Gasteiger partial charge in [0.1, 0.15) is 0 Å². The zero-order chi connectivity index (χ0) is 13.9. The summed E-state index contributed by atoms with van der Waals surface area (Å²) in [5.41, 5.74) is 0.463. The van der Waals surface area contributed by atoms with E-state index in [1.807, 2.05) is 11.8 Å². The van der Waals surface area contributed by atoms with Crippen molar-refractivity contribution in [2.45, 2.75) is 58.0 Å². The molecule has 2 nitrogen and oxygen atoms in total. The summed E-state index contributed by atoms with van der Waals surface area (Å²) in [6, 6.07) is 0.732.